The number of nitrogens with one attached hydrogen (secondary N) is 1. The third kappa shape index (κ3) is 3.29. The molecule has 0 aliphatic carbocycles. The van der Waals surface area contributed by atoms with E-state index in [-0.39, 0.29) is 5.39 Å². The third-order valence-corrected chi connectivity index (χ3v) is 4.36. The third-order valence-electron chi connectivity index (χ3n) is 4.36. The maximum atomic E-state index is 12.8. The number of nitrogens with zero attached hydrogens (tertiary/aromatic N) is 4. The van der Waals surface area contributed by atoms with E-state index in [9.17, 15) is 9.59 Å². The SMILES string of the molecule is COc1ccc(C(=O)Nn2cnc3c(cnn3-c3ccccc3)c2=O)cc1OC. The fourth-order valence-electron chi connectivity index (χ4n) is 2.90. The number of benzene rings is 2. The molecule has 4 aromatic rings. The lowest BCUT2D eigenvalue weighted by Gasteiger charge is -2.11. The Kier molecular flexibility index (Phi) is 4.70. The lowest BCUT2D eigenvalue weighted by molar-refractivity contribution is 0.101. The first-order valence-electron chi connectivity index (χ1n) is 8.66. The molecule has 0 unspecified atom stereocenters. The maximum Gasteiger partial charge on any atom is 0.283 e. The van der Waals surface area contributed by atoms with E-state index in [1.165, 1.54) is 32.8 Å². The van der Waals surface area contributed by atoms with Gasteiger partial charge < -0.3 is 9.47 Å². The van der Waals surface area contributed by atoms with Crippen LogP contribution in [0.3, 0.4) is 0 Å². The summed E-state index contributed by atoms with van der Waals surface area (Å²) in [5, 5.41) is 4.53. The Morgan fingerprint density at radius 3 is 2.52 bits per heavy atom. The summed E-state index contributed by atoms with van der Waals surface area (Å²) in [7, 11) is 2.99. The molecule has 0 aliphatic heterocycles. The van der Waals surface area contributed by atoms with Crippen LogP contribution in [-0.2, 0) is 0 Å². The van der Waals surface area contributed by atoms with Gasteiger partial charge in [0.1, 0.15) is 11.7 Å². The van der Waals surface area contributed by atoms with Crippen LogP contribution in [0.1, 0.15) is 10.4 Å². The monoisotopic (exact) mass is 391 g/mol. The summed E-state index contributed by atoms with van der Waals surface area (Å²) in [6, 6.07) is 14.1. The molecule has 2 heterocycles. The predicted octanol–water partition coefficient (Wildman–Crippen LogP) is 1.98. The minimum absolute atomic E-state index is 0.281. The van der Waals surface area contributed by atoms with Crippen molar-refractivity contribution in [2.75, 3.05) is 19.6 Å². The Morgan fingerprint density at radius 1 is 1.03 bits per heavy atom. The van der Waals surface area contributed by atoms with E-state index < -0.39 is 11.5 Å². The van der Waals surface area contributed by atoms with Gasteiger partial charge in [-0.3, -0.25) is 15.0 Å². The molecule has 4 rings (SSSR count). The van der Waals surface area contributed by atoms with E-state index >= 15 is 0 Å². The second kappa shape index (κ2) is 7.47. The van der Waals surface area contributed by atoms with Gasteiger partial charge >= 0.3 is 0 Å². The Bertz CT molecular complexity index is 1250. The summed E-state index contributed by atoms with van der Waals surface area (Å²) in [4.78, 5) is 29.6. The zero-order valence-corrected chi connectivity index (χ0v) is 15.7. The first kappa shape index (κ1) is 18.2. The van der Waals surface area contributed by atoms with Crippen LogP contribution in [-0.4, -0.2) is 39.6 Å². The van der Waals surface area contributed by atoms with Gasteiger partial charge in [0, 0.05) is 5.56 Å². The van der Waals surface area contributed by atoms with Crippen LogP contribution < -0.4 is 20.5 Å². The quantitative estimate of drug-likeness (QED) is 0.558. The fraction of sp³-hybridized carbons (Fsp3) is 0.100. The van der Waals surface area contributed by atoms with Crippen LogP contribution in [0.2, 0.25) is 0 Å². The van der Waals surface area contributed by atoms with Gasteiger partial charge in [0.05, 0.1) is 26.1 Å². The molecule has 146 valence electrons. The average molecular weight is 391 g/mol. The number of methoxy groups -OCH3 is 2. The minimum atomic E-state index is -0.496. The number of hydrogen-bond donors (Lipinski definition) is 1. The van der Waals surface area contributed by atoms with Gasteiger partial charge in [0.2, 0.25) is 0 Å². The Labute approximate surface area is 165 Å². The smallest absolute Gasteiger partial charge is 0.283 e. The van der Waals surface area contributed by atoms with Crippen LogP contribution in [0.5, 0.6) is 11.5 Å². The van der Waals surface area contributed by atoms with Crippen molar-refractivity contribution in [1.82, 2.24) is 19.4 Å². The molecular formula is C20H17N5O4. The minimum Gasteiger partial charge on any atom is -0.493 e. The maximum absolute atomic E-state index is 12.8. The van der Waals surface area contributed by atoms with E-state index in [4.69, 9.17) is 9.47 Å². The van der Waals surface area contributed by atoms with E-state index in [1.54, 1.807) is 16.8 Å². The Hall–Kier alpha value is -4.14. The molecule has 0 spiro atoms. The standard InChI is InChI=1S/C20H17N5O4/c1-28-16-9-8-13(10-17(16)29-2)19(26)23-24-12-21-18-15(20(24)27)11-22-25(18)14-6-4-3-5-7-14/h3-12H,1-2H3,(H,23,26). The molecule has 0 fully saturated rings. The lowest BCUT2D eigenvalue weighted by atomic mass is 10.2. The normalized spacial score (nSPS) is 10.7. The van der Waals surface area contributed by atoms with Crippen LogP contribution >= 0.6 is 0 Å². The van der Waals surface area contributed by atoms with E-state index in [1.807, 2.05) is 30.3 Å². The second-order valence-electron chi connectivity index (χ2n) is 6.06. The van der Waals surface area contributed by atoms with Gasteiger partial charge in [-0.15, -0.1) is 0 Å². The number of rotatable bonds is 5. The van der Waals surface area contributed by atoms with Crippen LogP contribution in [0, 0.1) is 0 Å². The van der Waals surface area contributed by atoms with Crippen molar-refractivity contribution in [2.24, 2.45) is 0 Å². The molecule has 29 heavy (non-hydrogen) atoms. The number of fused-ring (bicyclic) bond motifs is 1. The highest BCUT2D eigenvalue weighted by molar-refractivity contribution is 6.00. The van der Waals surface area contributed by atoms with Crippen molar-refractivity contribution in [3.8, 4) is 17.2 Å². The van der Waals surface area contributed by atoms with Crippen molar-refractivity contribution in [3.05, 3.63) is 77.0 Å². The summed E-state index contributed by atoms with van der Waals surface area (Å²) >= 11 is 0. The van der Waals surface area contributed by atoms with Gasteiger partial charge in [-0.2, -0.15) is 5.10 Å². The van der Waals surface area contributed by atoms with Gasteiger partial charge in [-0.25, -0.2) is 14.3 Å². The first-order valence-corrected chi connectivity index (χ1v) is 8.66. The molecular weight excluding hydrogens is 374 g/mol. The van der Waals surface area contributed by atoms with Crippen molar-refractivity contribution in [1.29, 1.82) is 0 Å². The zero-order valence-electron chi connectivity index (χ0n) is 15.7. The zero-order chi connectivity index (χ0) is 20.4. The molecule has 9 heteroatoms. The van der Waals surface area contributed by atoms with Crippen molar-refractivity contribution < 1.29 is 14.3 Å². The number of ether oxygens (including phenoxy) is 2. The summed E-state index contributed by atoms with van der Waals surface area (Å²) in [6.07, 6.45) is 2.68. The van der Waals surface area contributed by atoms with Crippen molar-refractivity contribution in [2.45, 2.75) is 0 Å². The molecule has 0 bridgehead atoms. The van der Waals surface area contributed by atoms with Crippen LogP contribution in [0.15, 0.2) is 65.8 Å². The van der Waals surface area contributed by atoms with E-state index in [2.05, 4.69) is 15.5 Å². The van der Waals surface area contributed by atoms with E-state index in [0.29, 0.717) is 22.7 Å². The number of carbonyl (C=O) groups excluding carboxylic acids is 1. The fourth-order valence-corrected chi connectivity index (χ4v) is 2.90. The molecule has 1 N–H and O–H groups in total. The van der Waals surface area contributed by atoms with Gasteiger partial charge in [-0.1, -0.05) is 18.2 Å². The molecule has 2 aromatic carbocycles. The second-order valence-corrected chi connectivity index (χ2v) is 6.06. The highest BCUT2D eigenvalue weighted by Gasteiger charge is 2.15. The molecule has 9 nitrogen and oxygen atoms in total. The molecule has 0 saturated heterocycles. The predicted molar refractivity (Wildman–Crippen MR) is 106 cm³/mol. The first-order chi connectivity index (χ1) is 14.1. The topological polar surface area (TPSA) is 100 Å². The van der Waals surface area contributed by atoms with Crippen molar-refractivity contribution in [3.63, 3.8) is 0 Å². The lowest BCUT2D eigenvalue weighted by Crippen LogP contribution is -2.33. The van der Waals surface area contributed by atoms with Gasteiger partial charge in [0.25, 0.3) is 11.5 Å². The molecule has 1 amide bonds. The average Bonchev–Trinajstić information content (AvgIpc) is 3.20. The van der Waals surface area contributed by atoms with E-state index in [0.717, 1.165) is 10.4 Å². The number of amides is 1. The van der Waals surface area contributed by atoms with Crippen LogP contribution in [0.25, 0.3) is 16.7 Å². The summed E-state index contributed by atoms with van der Waals surface area (Å²) in [6.45, 7) is 0. The van der Waals surface area contributed by atoms with Crippen LogP contribution in [0.4, 0.5) is 0 Å². The molecule has 0 saturated carbocycles. The largest absolute Gasteiger partial charge is 0.493 e. The molecule has 0 radical (unpaired) electrons. The van der Waals surface area contributed by atoms with Crippen molar-refractivity contribution >= 4 is 16.9 Å². The Balaban J connectivity index is 1.66. The summed E-state index contributed by atoms with van der Waals surface area (Å²) in [5.41, 5.74) is 3.57. The molecule has 0 atom stereocenters. The highest BCUT2D eigenvalue weighted by Crippen LogP contribution is 2.27. The summed E-state index contributed by atoms with van der Waals surface area (Å²) < 4.78 is 13.0. The molecule has 2 aromatic heterocycles. The highest BCUT2D eigenvalue weighted by atomic mass is 16.5. The molecule has 0 aliphatic rings. The van der Waals surface area contributed by atoms with Gasteiger partial charge in [-0.05, 0) is 30.3 Å². The number of aromatic nitrogens is 4. The van der Waals surface area contributed by atoms with Gasteiger partial charge in [0.15, 0.2) is 17.1 Å². The summed E-state index contributed by atoms with van der Waals surface area (Å²) in [5.74, 6) is 0.410. The number of carbonyl (C=O) groups is 1. The number of hydrogen-bond acceptors (Lipinski definition) is 6. The number of para-hydroxylation sites is 1. The Morgan fingerprint density at radius 2 is 1.79 bits per heavy atom.